The molecule has 0 fully saturated rings. The number of fused-ring (bicyclic) bond motifs is 1. The lowest BCUT2D eigenvalue weighted by atomic mass is 10.0. The number of nitrogens with one attached hydrogen (secondary N) is 1. The molecule has 2 radical (unpaired) electrons. The van der Waals surface area contributed by atoms with E-state index in [-0.39, 0.29) is 11.7 Å². The summed E-state index contributed by atoms with van der Waals surface area (Å²) in [6.45, 7) is 3.74. The van der Waals surface area contributed by atoms with Gasteiger partial charge < -0.3 is 15.3 Å². The Morgan fingerprint density at radius 3 is 2.78 bits per heavy atom. The molecule has 0 atom stereocenters. The number of benzene rings is 1. The van der Waals surface area contributed by atoms with Crippen molar-refractivity contribution in [1.29, 1.82) is 0 Å². The van der Waals surface area contributed by atoms with Crippen LogP contribution in [-0.4, -0.2) is 63.0 Å². The number of para-hydroxylation sites is 1. The molecule has 160 valence electrons. The normalized spacial score (nSPS) is 10.9. The van der Waals surface area contributed by atoms with Gasteiger partial charge in [-0.1, -0.05) is 18.2 Å². The van der Waals surface area contributed by atoms with E-state index in [1.54, 1.807) is 52.1 Å². The van der Waals surface area contributed by atoms with E-state index in [1.807, 2.05) is 25.1 Å². The highest BCUT2D eigenvalue weighted by molar-refractivity contribution is 6.36. The highest BCUT2D eigenvalue weighted by Crippen LogP contribution is 2.29. The molecular formula is C23H23BN6O2. The molecule has 8 nitrogen and oxygen atoms in total. The summed E-state index contributed by atoms with van der Waals surface area (Å²) in [7, 11) is 6.05. The molecule has 3 aromatic heterocycles. The first kappa shape index (κ1) is 21.4. The van der Waals surface area contributed by atoms with Crippen LogP contribution in [0.4, 0.5) is 5.82 Å². The predicted octanol–water partition coefficient (Wildman–Crippen LogP) is 2.26. The molecule has 1 amide bonds. The van der Waals surface area contributed by atoms with Gasteiger partial charge in [0.25, 0.3) is 5.91 Å². The molecule has 0 unspecified atom stereocenters. The third kappa shape index (κ3) is 4.41. The first-order valence-electron chi connectivity index (χ1n) is 10.4. The number of rotatable bonds is 8. The smallest absolute Gasteiger partial charge is 0.272 e. The topological polar surface area (TPSA) is 95.7 Å². The molecule has 0 saturated carbocycles. The van der Waals surface area contributed by atoms with Crippen LogP contribution in [0.1, 0.15) is 23.8 Å². The van der Waals surface area contributed by atoms with Gasteiger partial charge in [-0.15, -0.1) is 0 Å². The number of carbonyl (C=O) groups is 1. The molecule has 0 aliphatic carbocycles. The minimum absolute atomic E-state index is 0.0823. The summed E-state index contributed by atoms with van der Waals surface area (Å²) in [5.74, 6) is 0.755. The standard InChI is InChI=1S/C23H23BN6O2/c1-2-29(23(32)18-9-5-6-11-25-18)13-7-12-26-21-14-19(16-8-3-4-10-20(16)31)28-22-17(24)15-27-30(21)22/h3-6,8-11,14-15,26,31H,2,7,12-13H2,1H3. The van der Waals surface area contributed by atoms with Crippen LogP contribution in [0.25, 0.3) is 16.9 Å². The number of hydrogen-bond acceptors (Lipinski definition) is 6. The molecule has 3 heterocycles. The summed E-state index contributed by atoms with van der Waals surface area (Å²) in [6, 6.07) is 14.2. The number of aromatic nitrogens is 4. The number of phenolic OH excluding ortho intramolecular Hbond substituents is 1. The maximum Gasteiger partial charge on any atom is 0.272 e. The Balaban J connectivity index is 1.48. The molecule has 2 N–H and O–H groups in total. The Hall–Kier alpha value is -3.88. The van der Waals surface area contributed by atoms with E-state index < -0.39 is 0 Å². The van der Waals surface area contributed by atoms with Crippen LogP contribution >= 0.6 is 0 Å². The predicted molar refractivity (Wildman–Crippen MR) is 124 cm³/mol. The first-order valence-corrected chi connectivity index (χ1v) is 10.4. The molecule has 0 aliphatic heterocycles. The third-order valence-corrected chi connectivity index (χ3v) is 5.14. The summed E-state index contributed by atoms with van der Waals surface area (Å²) < 4.78 is 1.63. The van der Waals surface area contributed by atoms with E-state index in [0.29, 0.717) is 53.5 Å². The van der Waals surface area contributed by atoms with Gasteiger partial charge in [-0.3, -0.25) is 9.78 Å². The molecule has 0 saturated heterocycles. The van der Waals surface area contributed by atoms with Crippen molar-refractivity contribution in [3.8, 4) is 17.0 Å². The first-order chi connectivity index (χ1) is 15.6. The second kappa shape index (κ2) is 9.51. The Morgan fingerprint density at radius 1 is 1.22 bits per heavy atom. The Morgan fingerprint density at radius 2 is 2.03 bits per heavy atom. The largest absolute Gasteiger partial charge is 0.507 e. The van der Waals surface area contributed by atoms with Crippen LogP contribution in [0.2, 0.25) is 0 Å². The minimum Gasteiger partial charge on any atom is -0.507 e. The fourth-order valence-electron chi connectivity index (χ4n) is 3.47. The zero-order chi connectivity index (χ0) is 22.5. The van der Waals surface area contributed by atoms with Crippen molar-refractivity contribution in [2.24, 2.45) is 0 Å². The van der Waals surface area contributed by atoms with E-state index in [2.05, 4.69) is 20.4 Å². The van der Waals surface area contributed by atoms with E-state index in [4.69, 9.17) is 7.85 Å². The van der Waals surface area contributed by atoms with Gasteiger partial charge in [-0.25, -0.2) is 4.98 Å². The van der Waals surface area contributed by atoms with Crippen molar-refractivity contribution in [3.63, 3.8) is 0 Å². The number of nitrogens with zero attached hydrogens (tertiary/aromatic N) is 5. The van der Waals surface area contributed by atoms with Crippen molar-refractivity contribution in [3.05, 3.63) is 66.6 Å². The lowest BCUT2D eigenvalue weighted by Crippen LogP contribution is -2.33. The molecule has 9 heteroatoms. The van der Waals surface area contributed by atoms with Crippen LogP contribution < -0.4 is 10.8 Å². The molecule has 0 bridgehead atoms. The number of phenols is 1. The van der Waals surface area contributed by atoms with Gasteiger partial charge in [0.2, 0.25) is 0 Å². The Kier molecular flexibility index (Phi) is 6.35. The van der Waals surface area contributed by atoms with Crippen molar-refractivity contribution in [2.45, 2.75) is 13.3 Å². The van der Waals surface area contributed by atoms with Gasteiger partial charge in [0.15, 0.2) is 5.65 Å². The third-order valence-electron chi connectivity index (χ3n) is 5.14. The average Bonchev–Trinajstić information content (AvgIpc) is 3.20. The highest BCUT2D eigenvalue weighted by atomic mass is 16.3. The van der Waals surface area contributed by atoms with Crippen LogP contribution in [0.15, 0.2) is 60.9 Å². The molecule has 0 aliphatic rings. The number of amides is 1. The lowest BCUT2D eigenvalue weighted by Gasteiger charge is -2.20. The summed E-state index contributed by atoms with van der Waals surface area (Å²) in [5.41, 5.74) is 2.59. The number of pyridine rings is 1. The fraction of sp³-hybridized carbons (Fsp3) is 0.217. The van der Waals surface area contributed by atoms with E-state index >= 15 is 0 Å². The second-order valence-corrected chi connectivity index (χ2v) is 7.26. The molecule has 4 aromatic rings. The molecular weight excluding hydrogens is 403 g/mol. The second-order valence-electron chi connectivity index (χ2n) is 7.26. The molecule has 32 heavy (non-hydrogen) atoms. The quantitative estimate of drug-likeness (QED) is 0.332. The number of aromatic hydroxyl groups is 1. The van der Waals surface area contributed by atoms with Gasteiger partial charge in [0.05, 0.1) is 5.69 Å². The number of carbonyl (C=O) groups excluding carboxylic acids is 1. The van der Waals surface area contributed by atoms with E-state index in [0.717, 1.165) is 6.42 Å². The zero-order valence-electron chi connectivity index (χ0n) is 17.8. The highest BCUT2D eigenvalue weighted by Gasteiger charge is 2.15. The maximum atomic E-state index is 12.6. The Labute approximate surface area is 187 Å². The fourth-order valence-corrected chi connectivity index (χ4v) is 3.47. The zero-order valence-corrected chi connectivity index (χ0v) is 17.8. The van der Waals surface area contributed by atoms with Crippen molar-refractivity contribution in [2.75, 3.05) is 25.0 Å². The van der Waals surface area contributed by atoms with Crippen molar-refractivity contribution in [1.82, 2.24) is 24.5 Å². The lowest BCUT2D eigenvalue weighted by molar-refractivity contribution is 0.0758. The van der Waals surface area contributed by atoms with Crippen molar-refractivity contribution >= 4 is 30.7 Å². The number of hydrogen-bond donors (Lipinski definition) is 2. The number of anilines is 1. The van der Waals surface area contributed by atoms with E-state index in [1.165, 1.54) is 0 Å². The molecule has 1 aromatic carbocycles. The Bertz CT molecular complexity index is 1230. The molecule has 4 rings (SSSR count). The van der Waals surface area contributed by atoms with Gasteiger partial charge in [0, 0.05) is 43.7 Å². The summed E-state index contributed by atoms with van der Waals surface area (Å²) in [5, 5.41) is 17.9. The van der Waals surface area contributed by atoms with Gasteiger partial charge in [0.1, 0.15) is 25.1 Å². The SMILES string of the molecule is [B]c1cnn2c(NCCCN(CC)C(=O)c3ccccn3)cc(-c3ccccc3O)nc12. The minimum atomic E-state index is -0.0823. The van der Waals surface area contributed by atoms with Gasteiger partial charge >= 0.3 is 0 Å². The maximum absolute atomic E-state index is 12.6. The molecule has 0 spiro atoms. The van der Waals surface area contributed by atoms with Crippen LogP contribution in [0.3, 0.4) is 0 Å². The van der Waals surface area contributed by atoms with Gasteiger partial charge in [-0.05, 0) is 43.1 Å². The summed E-state index contributed by atoms with van der Waals surface area (Å²) >= 11 is 0. The summed E-state index contributed by atoms with van der Waals surface area (Å²) in [4.78, 5) is 23.1. The summed E-state index contributed by atoms with van der Waals surface area (Å²) in [6.07, 6.45) is 3.89. The van der Waals surface area contributed by atoms with Crippen LogP contribution in [0, 0.1) is 0 Å². The van der Waals surface area contributed by atoms with E-state index in [9.17, 15) is 9.90 Å². The van der Waals surface area contributed by atoms with Gasteiger partial charge in [-0.2, -0.15) is 9.61 Å². The average molecular weight is 426 g/mol. The monoisotopic (exact) mass is 426 g/mol. The van der Waals surface area contributed by atoms with Crippen LogP contribution in [0.5, 0.6) is 5.75 Å². The van der Waals surface area contributed by atoms with Crippen LogP contribution in [-0.2, 0) is 0 Å². The van der Waals surface area contributed by atoms with Crippen molar-refractivity contribution < 1.29 is 9.90 Å².